The number of halogens is 2. The van der Waals surface area contributed by atoms with Crippen LogP contribution in [0, 0.1) is 0 Å². The smallest absolute Gasteiger partial charge is 0.412 e. The number of nitrogens with zero attached hydrogens (tertiary/aromatic N) is 1. The summed E-state index contributed by atoms with van der Waals surface area (Å²) in [5.41, 5.74) is 6.08. The molecule has 0 aliphatic heterocycles. The molecule has 0 atom stereocenters. The molecule has 3 aromatic rings. The molecule has 3 rings (SSSR count). The Balaban J connectivity index is 1.97. The number of aromatic nitrogens is 2. The van der Waals surface area contributed by atoms with Gasteiger partial charge in [0.1, 0.15) is 11.3 Å². The maximum absolute atomic E-state index is 10.8. The summed E-state index contributed by atoms with van der Waals surface area (Å²) in [5.74, 6) is 0.966. The molecule has 0 saturated carbocycles. The van der Waals surface area contributed by atoms with Gasteiger partial charge in [0, 0.05) is 6.07 Å². The maximum atomic E-state index is 10.8. The van der Waals surface area contributed by atoms with Crippen LogP contribution in [0.4, 0.5) is 4.79 Å². The molecule has 2 aromatic carbocycles. The van der Waals surface area contributed by atoms with Crippen molar-refractivity contribution in [2.75, 3.05) is 0 Å². The zero-order chi connectivity index (χ0) is 15.7. The van der Waals surface area contributed by atoms with Gasteiger partial charge in [0.15, 0.2) is 5.75 Å². The number of aromatic amines is 1. The van der Waals surface area contributed by atoms with Crippen molar-refractivity contribution in [1.29, 1.82) is 0 Å². The Kier molecular flexibility index (Phi) is 3.79. The van der Waals surface area contributed by atoms with E-state index >= 15 is 0 Å². The highest BCUT2D eigenvalue weighted by Crippen LogP contribution is 2.33. The Labute approximate surface area is 134 Å². The van der Waals surface area contributed by atoms with Gasteiger partial charge in [-0.15, -0.1) is 0 Å². The van der Waals surface area contributed by atoms with Crippen LogP contribution in [0.3, 0.4) is 0 Å². The van der Waals surface area contributed by atoms with Crippen LogP contribution in [0.25, 0.3) is 11.0 Å². The third kappa shape index (κ3) is 2.93. The summed E-state index contributed by atoms with van der Waals surface area (Å²) in [6.07, 6.45) is -0.953. The first kappa shape index (κ1) is 14.5. The lowest BCUT2D eigenvalue weighted by Crippen LogP contribution is -2.16. The number of ether oxygens (including phenoxy) is 2. The molecule has 1 amide bonds. The van der Waals surface area contributed by atoms with Gasteiger partial charge in [-0.25, -0.2) is 4.79 Å². The van der Waals surface area contributed by atoms with Crippen LogP contribution in [0.1, 0.15) is 0 Å². The first-order valence-corrected chi connectivity index (χ1v) is 6.87. The minimum Gasteiger partial charge on any atom is -0.455 e. The quantitative estimate of drug-likeness (QED) is 0.752. The summed E-state index contributed by atoms with van der Waals surface area (Å²) in [7, 11) is 0. The number of hydrogen-bond acceptors (Lipinski definition) is 4. The van der Waals surface area contributed by atoms with Crippen molar-refractivity contribution in [3.63, 3.8) is 0 Å². The number of amides is 1. The van der Waals surface area contributed by atoms with Crippen molar-refractivity contribution in [2.24, 2.45) is 5.73 Å². The summed E-state index contributed by atoms with van der Waals surface area (Å²) in [5, 5.41) is 0.815. The summed E-state index contributed by atoms with van der Waals surface area (Å²) in [4.78, 5) is 17.7. The minimum absolute atomic E-state index is 0.00677. The standard InChI is InChI=1S/C14H9Cl2N3O3/c15-8-5-4-7(6-9(8)16)21-11-3-1-2-10-12(11)19-14(18-10)22-13(17)20/h1-6H,(H2,17,20)(H,18,19). The molecule has 0 bridgehead atoms. The number of carbonyl (C=O) groups excluding carboxylic acids is 1. The minimum atomic E-state index is -0.953. The van der Waals surface area contributed by atoms with Crippen molar-refractivity contribution in [1.82, 2.24) is 9.97 Å². The highest BCUT2D eigenvalue weighted by atomic mass is 35.5. The van der Waals surface area contributed by atoms with Crippen LogP contribution in [-0.4, -0.2) is 16.1 Å². The Morgan fingerprint density at radius 3 is 2.73 bits per heavy atom. The number of rotatable bonds is 3. The van der Waals surface area contributed by atoms with Gasteiger partial charge in [-0.1, -0.05) is 29.3 Å². The molecule has 0 unspecified atom stereocenters. The fourth-order valence-electron chi connectivity index (χ4n) is 1.88. The number of hydrogen-bond donors (Lipinski definition) is 2. The van der Waals surface area contributed by atoms with Crippen LogP contribution in [-0.2, 0) is 0 Å². The van der Waals surface area contributed by atoms with Gasteiger partial charge in [-0.05, 0) is 24.3 Å². The normalized spacial score (nSPS) is 10.6. The van der Waals surface area contributed by atoms with E-state index in [9.17, 15) is 4.79 Å². The first-order chi connectivity index (χ1) is 10.5. The second-order valence-corrected chi connectivity index (χ2v) is 5.11. The van der Waals surface area contributed by atoms with E-state index in [1.807, 2.05) is 0 Å². The van der Waals surface area contributed by atoms with Gasteiger partial charge < -0.3 is 20.2 Å². The SMILES string of the molecule is NC(=O)Oc1nc2c(Oc3ccc(Cl)c(Cl)c3)cccc2[nH]1. The topological polar surface area (TPSA) is 90.2 Å². The number of para-hydroxylation sites is 1. The third-order valence-corrected chi connectivity index (χ3v) is 3.51. The van der Waals surface area contributed by atoms with Gasteiger partial charge in [-0.3, -0.25) is 0 Å². The number of H-pyrrole nitrogens is 1. The summed E-state index contributed by atoms with van der Waals surface area (Å²) in [6.45, 7) is 0. The van der Waals surface area contributed by atoms with E-state index in [1.54, 1.807) is 36.4 Å². The average Bonchev–Trinajstić information content (AvgIpc) is 2.85. The molecule has 112 valence electrons. The lowest BCUT2D eigenvalue weighted by Gasteiger charge is -2.07. The van der Waals surface area contributed by atoms with E-state index in [1.165, 1.54) is 0 Å². The number of fused-ring (bicyclic) bond motifs is 1. The molecule has 3 N–H and O–H groups in total. The van der Waals surface area contributed by atoms with Crippen LogP contribution in [0.15, 0.2) is 36.4 Å². The molecular formula is C14H9Cl2N3O3. The third-order valence-electron chi connectivity index (χ3n) is 2.77. The second-order valence-electron chi connectivity index (χ2n) is 4.29. The molecular weight excluding hydrogens is 329 g/mol. The Bertz CT molecular complexity index is 864. The summed E-state index contributed by atoms with van der Waals surface area (Å²) < 4.78 is 10.5. The van der Waals surface area contributed by atoms with Crippen molar-refractivity contribution >= 4 is 40.3 Å². The molecule has 0 spiro atoms. The molecule has 0 aliphatic rings. The fourth-order valence-corrected chi connectivity index (χ4v) is 2.16. The molecule has 8 heteroatoms. The lowest BCUT2D eigenvalue weighted by molar-refractivity contribution is 0.207. The van der Waals surface area contributed by atoms with Gasteiger partial charge >= 0.3 is 12.1 Å². The molecule has 1 heterocycles. The van der Waals surface area contributed by atoms with Crippen molar-refractivity contribution in [2.45, 2.75) is 0 Å². The maximum Gasteiger partial charge on any atom is 0.412 e. The van der Waals surface area contributed by atoms with E-state index in [2.05, 4.69) is 9.97 Å². The van der Waals surface area contributed by atoms with E-state index in [0.29, 0.717) is 32.6 Å². The number of nitrogens with one attached hydrogen (secondary N) is 1. The van der Waals surface area contributed by atoms with Crippen LogP contribution < -0.4 is 15.2 Å². The predicted molar refractivity (Wildman–Crippen MR) is 82.8 cm³/mol. The zero-order valence-corrected chi connectivity index (χ0v) is 12.5. The number of primary amides is 1. The van der Waals surface area contributed by atoms with Gasteiger partial charge in [-0.2, -0.15) is 4.98 Å². The largest absolute Gasteiger partial charge is 0.455 e. The first-order valence-electron chi connectivity index (χ1n) is 6.12. The zero-order valence-electron chi connectivity index (χ0n) is 11.0. The number of benzene rings is 2. The molecule has 0 radical (unpaired) electrons. The van der Waals surface area contributed by atoms with Crippen LogP contribution >= 0.6 is 23.2 Å². The summed E-state index contributed by atoms with van der Waals surface area (Å²) >= 11 is 11.8. The highest BCUT2D eigenvalue weighted by molar-refractivity contribution is 6.42. The second kappa shape index (κ2) is 5.75. The van der Waals surface area contributed by atoms with E-state index < -0.39 is 6.09 Å². The van der Waals surface area contributed by atoms with Gasteiger partial charge in [0.25, 0.3) is 0 Å². The Morgan fingerprint density at radius 1 is 1.18 bits per heavy atom. The Hall–Kier alpha value is -2.44. The number of imidazole rings is 1. The molecule has 0 saturated heterocycles. The van der Waals surface area contributed by atoms with E-state index in [-0.39, 0.29) is 6.01 Å². The van der Waals surface area contributed by atoms with Crippen LogP contribution in [0.2, 0.25) is 10.0 Å². The van der Waals surface area contributed by atoms with Gasteiger partial charge in [0.05, 0.1) is 15.6 Å². The Morgan fingerprint density at radius 2 is 2.00 bits per heavy atom. The highest BCUT2D eigenvalue weighted by Gasteiger charge is 2.12. The van der Waals surface area contributed by atoms with Gasteiger partial charge in [0.2, 0.25) is 0 Å². The number of carbonyl (C=O) groups is 1. The fraction of sp³-hybridized carbons (Fsp3) is 0. The van der Waals surface area contributed by atoms with E-state index in [0.717, 1.165) is 0 Å². The monoisotopic (exact) mass is 337 g/mol. The average molecular weight is 338 g/mol. The van der Waals surface area contributed by atoms with Crippen molar-refractivity contribution < 1.29 is 14.3 Å². The molecule has 22 heavy (non-hydrogen) atoms. The summed E-state index contributed by atoms with van der Waals surface area (Å²) in [6, 6.07) is 10.1. The predicted octanol–water partition coefficient (Wildman–Crippen LogP) is 4.12. The lowest BCUT2D eigenvalue weighted by atomic mass is 10.3. The molecule has 6 nitrogen and oxygen atoms in total. The molecule has 0 fully saturated rings. The number of nitrogens with two attached hydrogens (primary N) is 1. The van der Waals surface area contributed by atoms with Crippen molar-refractivity contribution in [3.8, 4) is 17.5 Å². The van der Waals surface area contributed by atoms with E-state index in [4.69, 9.17) is 38.4 Å². The molecule has 0 aliphatic carbocycles. The molecule has 1 aromatic heterocycles. The van der Waals surface area contributed by atoms with Crippen LogP contribution in [0.5, 0.6) is 17.5 Å². The van der Waals surface area contributed by atoms with Crippen molar-refractivity contribution in [3.05, 3.63) is 46.4 Å².